The number of Topliss-reactive ketones (excluding diaryl/α,β-unsaturated/α-hetero) is 1. The number of ketones is 1. The maximum absolute atomic E-state index is 13.1. The molecule has 0 spiro atoms. The zero-order valence-electron chi connectivity index (χ0n) is 31.9. The Bertz CT molecular complexity index is 2180. The van der Waals surface area contributed by atoms with Crippen LogP contribution in [0.4, 0.5) is 70.6 Å². The average Bonchev–Trinajstić information content (AvgIpc) is 3.84. The number of hydrogen-bond acceptors (Lipinski definition) is 11. The first-order valence-electron chi connectivity index (χ1n) is 18.2. The number of carboxylic acids is 1. The van der Waals surface area contributed by atoms with Crippen LogP contribution in [0.1, 0.15) is 46.7 Å². The van der Waals surface area contributed by atoms with E-state index in [9.17, 15) is 50.6 Å². The van der Waals surface area contributed by atoms with Gasteiger partial charge in [0.15, 0.2) is 23.1 Å². The number of rotatable bonds is 8. The van der Waals surface area contributed by atoms with E-state index in [1.54, 1.807) is 12.1 Å². The van der Waals surface area contributed by atoms with E-state index >= 15 is 0 Å². The molecule has 0 saturated carbocycles. The first-order valence-corrected chi connectivity index (χ1v) is 18.2. The van der Waals surface area contributed by atoms with Gasteiger partial charge in [0.2, 0.25) is 6.43 Å². The molecular weight excluding hydrogens is 857 g/mol. The van der Waals surface area contributed by atoms with Crippen LogP contribution in [-0.4, -0.2) is 107 Å². The van der Waals surface area contributed by atoms with Gasteiger partial charge in [-0.25, -0.2) is 60.7 Å². The number of pyridine rings is 4. The molecule has 0 aromatic carbocycles. The number of carbonyl (C=O) groups is 4. The second-order valence-corrected chi connectivity index (χ2v) is 13.5. The first kappa shape index (κ1) is 47.8. The molecule has 8 heterocycles. The van der Waals surface area contributed by atoms with Crippen LogP contribution in [0.5, 0.6) is 0 Å². The van der Waals surface area contributed by atoms with E-state index < -0.39 is 61.3 Å². The molecule has 0 radical (unpaired) electrons. The van der Waals surface area contributed by atoms with E-state index in [2.05, 4.69) is 46.1 Å². The topological polar surface area (TPSA) is 203 Å². The summed E-state index contributed by atoms with van der Waals surface area (Å²) in [4.78, 5) is 72.4. The third-order valence-corrected chi connectivity index (χ3v) is 9.54. The summed E-state index contributed by atoms with van der Waals surface area (Å²) >= 11 is 0. The molecule has 61 heavy (non-hydrogen) atoms. The van der Waals surface area contributed by atoms with Crippen molar-refractivity contribution < 1.29 is 50.6 Å². The summed E-state index contributed by atoms with van der Waals surface area (Å²) < 4.78 is 72.1. The maximum atomic E-state index is 13.1. The third kappa shape index (κ3) is 11.5. The van der Waals surface area contributed by atoms with Gasteiger partial charge in [-0.1, -0.05) is 0 Å². The second-order valence-electron chi connectivity index (χ2n) is 13.5. The zero-order valence-corrected chi connectivity index (χ0v) is 33.9. The summed E-state index contributed by atoms with van der Waals surface area (Å²) in [5.74, 6) is -1.66. The van der Waals surface area contributed by atoms with Gasteiger partial charge in [-0.3, -0.25) is 25.2 Å². The minimum Gasteiger partial charge on any atom is -0.477 e. The standard InChI is InChI=1S/C19H18F3N5O2.C16H14FN5O3.C2H5F2N.2H2S/c20-11-1-6-17(23-9-11)25-19(29)27-12-7-8-26(10-12)14-3-2-13(24-18(14)27)15(28)4-5-16(21)22;17-9-1-4-13(18-7-9)20-16(25)22-10-5-6-21(8-10)12-3-2-11(15(23)24)19-14(12)22;3-2(4)1-5;;/h1-3,6,9,12,16H,4-5,7-8,10H2,(H,23,25,29);1-4,7,10H,5-6,8H2,(H,23,24)(H,18,20,25);2H,1,5H2;2*1H2/t12-;10-;;;/m00.../s1. The molecule has 16 nitrogen and oxygen atoms in total. The van der Waals surface area contributed by atoms with Gasteiger partial charge in [0, 0.05) is 39.0 Å². The van der Waals surface area contributed by atoms with Crippen LogP contribution in [0, 0.1) is 11.6 Å². The largest absolute Gasteiger partial charge is 0.477 e. The fraction of sp³-hybridized carbons (Fsp3) is 0.351. The Hall–Kier alpha value is -5.88. The Balaban J connectivity index is 0.000000237. The zero-order chi connectivity index (χ0) is 42.4. The van der Waals surface area contributed by atoms with Crippen LogP contribution in [0.15, 0.2) is 60.9 Å². The van der Waals surface area contributed by atoms with Crippen molar-refractivity contribution in [3.8, 4) is 0 Å². The molecule has 0 aliphatic carbocycles. The van der Waals surface area contributed by atoms with Crippen molar-refractivity contribution in [1.29, 1.82) is 0 Å². The summed E-state index contributed by atoms with van der Waals surface area (Å²) in [6.45, 7) is 2.25. The first-order chi connectivity index (χ1) is 28.2. The number of halogens is 6. The van der Waals surface area contributed by atoms with E-state index in [1.807, 2.05) is 0 Å². The molecule has 2 fully saturated rings. The minimum absolute atomic E-state index is 0. The van der Waals surface area contributed by atoms with Crippen molar-refractivity contribution in [1.82, 2.24) is 19.9 Å². The number of carboxylic acid groups (broad SMARTS) is 1. The normalized spacial score (nSPS) is 16.5. The lowest BCUT2D eigenvalue weighted by atomic mass is 10.1. The van der Waals surface area contributed by atoms with E-state index in [1.165, 1.54) is 46.2 Å². The molecular formula is C37H41F6N11O5S2. The van der Waals surface area contributed by atoms with Crippen LogP contribution >= 0.6 is 27.0 Å². The molecule has 4 amide bonds. The lowest BCUT2D eigenvalue weighted by Crippen LogP contribution is -2.48. The Morgan fingerprint density at radius 2 is 1.15 bits per heavy atom. The molecule has 8 rings (SSSR count). The van der Waals surface area contributed by atoms with Gasteiger partial charge in [0.25, 0.3) is 6.43 Å². The van der Waals surface area contributed by atoms with Gasteiger partial charge < -0.3 is 20.6 Å². The number of urea groups is 2. The van der Waals surface area contributed by atoms with Crippen LogP contribution in [0.25, 0.3) is 0 Å². The Morgan fingerprint density at radius 1 is 0.705 bits per heavy atom. The molecule has 328 valence electrons. The maximum Gasteiger partial charge on any atom is 0.354 e. The van der Waals surface area contributed by atoms with Crippen molar-refractivity contribution in [3.63, 3.8) is 0 Å². The van der Waals surface area contributed by atoms with E-state index in [-0.39, 0.29) is 68.5 Å². The fourth-order valence-corrected chi connectivity index (χ4v) is 6.82. The average molecular weight is 898 g/mol. The number of amides is 4. The Morgan fingerprint density at radius 3 is 1.54 bits per heavy atom. The number of alkyl halides is 4. The van der Waals surface area contributed by atoms with Gasteiger partial charge in [-0.05, 0) is 61.4 Å². The molecule has 4 bridgehead atoms. The molecule has 4 aliphatic rings. The highest BCUT2D eigenvalue weighted by molar-refractivity contribution is 7.59. The lowest BCUT2D eigenvalue weighted by molar-refractivity contribution is 0.0690. The van der Waals surface area contributed by atoms with Crippen molar-refractivity contribution in [3.05, 3.63) is 83.9 Å². The highest BCUT2D eigenvalue weighted by atomic mass is 32.1. The van der Waals surface area contributed by atoms with Crippen molar-refractivity contribution in [2.45, 2.75) is 50.6 Å². The summed E-state index contributed by atoms with van der Waals surface area (Å²) in [5, 5.41) is 14.4. The summed E-state index contributed by atoms with van der Waals surface area (Å²) in [6.07, 6.45) is -2.28. The smallest absolute Gasteiger partial charge is 0.354 e. The Kier molecular flexibility index (Phi) is 16.5. The van der Waals surface area contributed by atoms with Gasteiger partial charge >= 0.3 is 18.0 Å². The van der Waals surface area contributed by atoms with Crippen LogP contribution < -0.4 is 36.0 Å². The van der Waals surface area contributed by atoms with E-state index in [4.69, 9.17) is 0 Å². The predicted octanol–water partition coefficient (Wildman–Crippen LogP) is 5.86. The number of anilines is 6. The number of nitrogens with two attached hydrogens (primary N) is 1. The summed E-state index contributed by atoms with van der Waals surface area (Å²) in [6, 6.07) is 10.2. The monoisotopic (exact) mass is 897 g/mol. The van der Waals surface area contributed by atoms with E-state index in [0.29, 0.717) is 30.4 Å². The molecule has 4 aliphatic heterocycles. The van der Waals surface area contributed by atoms with Crippen LogP contribution in [-0.2, 0) is 0 Å². The highest BCUT2D eigenvalue weighted by Gasteiger charge is 2.42. The number of hydrogen-bond donors (Lipinski definition) is 4. The van der Waals surface area contributed by atoms with Crippen molar-refractivity contribution >= 4 is 85.5 Å². The second kappa shape index (κ2) is 21.1. The van der Waals surface area contributed by atoms with Gasteiger partial charge in [-0.2, -0.15) is 27.0 Å². The van der Waals surface area contributed by atoms with Crippen molar-refractivity contribution in [2.75, 3.05) is 63.0 Å². The number of nitrogens with one attached hydrogen (secondary N) is 2. The van der Waals surface area contributed by atoms with E-state index in [0.717, 1.165) is 44.0 Å². The number of fused-ring (bicyclic) bond motifs is 8. The van der Waals surface area contributed by atoms with Gasteiger partial charge in [0.05, 0.1) is 42.4 Å². The molecule has 4 aromatic rings. The molecule has 2 atom stereocenters. The molecule has 2 saturated heterocycles. The SMILES string of the molecule is NCC(F)F.O=C(CCC(F)F)c1ccc2c(n1)N(C(=O)Nc1ccc(F)cn1)[C@H]1CCN2C1.O=C(O)c1ccc2c(n1)N(C(=O)Nc1ccc(F)cn1)[C@H]1CCN2C1.S.S. The van der Waals surface area contributed by atoms with Gasteiger partial charge in [-0.15, -0.1) is 0 Å². The molecule has 4 aromatic heterocycles. The number of aromatic nitrogens is 4. The number of aromatic carboxylic acids is 1. The summed E-state index contributed by atoms with van der Waals surface area (Å²) in [7, 11) is 0. The molecule has 24 heteroatoms. The highest BCUT2D eigenvalue weighted by Crippen LogP contribution is 2.40. The number of carbonyl (C=O) groups excluding carboxylic acids is 3. The van der Waals surface area contributed by atoms with Gasteiger partial charge in [0.1, 0.15) is 29.0 Å². The quantitative estimate of drug-likeness (QED) is 0.122. The molecule has 0 unspecified atom stereocenters. The Labute approximate surface area is 358 Å². The lowest BCUT2D eigenvalue weighted by Gasteiger charge is -2.35. The van der Waals surface area contributed by atoms with Crippen LogP contribution in [0.3, 0.4) is 0 Å². The predicted molar refractivity (Wildman–Crippen MR) is 223 cm³/mol. The van der Waals surface area contributed by atoms with Crippen molar-refractivity contribution in [2.24, 2.45) is 5.73 Å². The number of nitrogens with zero attached hydrogens (tertiary/aromatic N) is 8. The molecule has 5 N–H and O–H groups in total. The summed E-state index contributed by atoms with van der Waals surface area (Å²) in [5.41, 5.74) is 5.76. The fourth-order valence-electron chi connectivity index (χ4n) is 6.82. The minimum atomic E-state index is -2.57. The van der Waals surface area contributed by atoms with Crippen LogP contribution in [0.2, 0.25) is 0 Å². The third-order valence-electron chi connectivity index (χ3n) is 9.54.